The van der Waals surface area contributed by atoms with Gasteiger partial charge >= 0.3 is 0 Å². The first-order chi connectivity index (χ1) is 5.84. The van der Waals surface area contributed by atoms with Gasteiger partial charge in [-0.25, -0.2) is 0 Å². The van der Waals surface area contributed by atoms with Crippen molar-refractivity contribution >= 4 is 17.4 Å². The first kappa shape index (κ1) is 9.79. The molecular weight excluding hydrogens is 172 g/mol. The number of carbonyl (C=O) groups is 1. The molecule has 0 aromatic rings. The SMILES string of the molecule is O=C(CCCCl)C1=CCCCC1. The van der Waals surface area contributed by atoms with E-state index in [1.165, 1.54) is 12.8 Å². The molecule has 0 saturated heterocycles. The number of hydrogen-bond donors (Lipinski definition) is 0. The predicted octanol–water partition coefficient (Wildman–Crippen LogP) is 3.07. The fraction of sp³-hybridized carbons (Fsp3) is 0.700. The number of allylic oxidation sites excluding steroid dienone is 2. The van der Waals surface area contributed by atoms with Crippen LogP contribution in [0.25, 0.3) is 0 Å². The Bertz CT molecular complexity index is 184. The largest absolute Gasteiger partial charge is 0.295 e. The van der Waals surface area contributed by atoms with Crippen LogP contribution in [0.5, 0.6) is 0 Å². The van der Waals surface area contributed by atoms with E-state index in [1.54, 1.807) is 0 Å². The van der Waals surface area contributed by atoms with Gasteiger partial charge in [0.1, 0.15) is 0 Å². The normalized spacial score (nSPS) is 17.2. The maximum absolute atomic E-state index is 11.4. The average Bonchev–Trinajstić information content (AvgIpc) is 2.15. The number of carbonyl (C=O) groups excluding carboxylic acids is 1. The molecule has 0 atom stereocenters. The van der Waals surface area contributed by atoms with E-state index in [1.807, 2.05) is 0 Å². The fourth-order valence-electron chi connectivity index (χ4n) is 1.48. The number of alkyl halides is 1. The predicted molar refractivity (Wildman–Crippen MR) is 51.5 cm³/mol. The molecule has 0 bridgehead atoms. The van der Waals surface area contributed by atoms with Crippen LogP contribution in [0.4, 0.5) is 0 Å². The minimum atomic E-state index is 0.315. The third kappa shape index (κ3) is 2.98. The van der Waals surface area contributed by atoms with Crippen LogP contribution in [0.15, 0.2) is 11.6 Å². The van der Waals surface area contributed by atoms with Gasteiger partial charge in [-0.3, -0.25) is 4.79 Å². The first-order valence-corrected chi connectivity index (χ1v) is 5.16. The quantitative estimate of drug-likeness (QED) is 0.617. The molecule has 0 heterocycles. The van der Waals surface area contributed by atoms with Gasteiger partial charge in [0.15, 0.2) is 5.78 Å². The van der Waals surface area contributed by atoms with Crippen LogP contribution >= 0.6 is 11.6 Å². The second kappa shape index (κ2) is 5.36. The Morgan fingerprint density at radius 1 is 1.50 bits per heavy atom. The molecule has 2 heteroatoms. The van der Waals surface area contributed by atoms with Crippen molar-refractivity contribution in [2.24, 2.45) is 0 Å². The van der Waals surface area contributed by atoms with E-state index >= 15 is 0 Å². The minimum absolute atomic E-state index is 0.315. The van der Waals surface area contributed by atoms with Crippen LogP contribution in [0, 0.1) is 0 Å². The molecule has 0 N–H and O–H groups in total. The molecule has 0 spiro atoms. The van der Waals surface area contributed by atoms with Gasteiger partial charge in [0.2, 0.25) is 0 Å². The van der Waals surface area contributed by atoms with Crippen molar-refractivity contribution in [3.63, 3.8) is 0 Å². The van der Waals surface area contributed by atoms with Gasteiger partial charge in [0.25, 0.3) is 0 Å². The third-order valence-electron chi connectivity index (χ3n) is 2.19. The lowest BCUT2D eigenvalue weighted by molar-refractivity contribution is -0.115. The Labute approximate surface area is 78.8 Å². The molecule has 0 fully saturated rings. The summed E-state index contributed by atoms with van der Waals surface area (Å²) in [6.45, 7) is 0. The highest BCUT2D eigenvalue weighted by molar-refractivity contribution is 6.18. The molecule has 0 saturated carbocycles. The van der Waals surface area contributed by atoms with Gasteiger partial charge in [-0.15, -0.1) is 11.6 Å². The summed E-state index contributed by atoms with van der Waals surface area (Å²) >= 11 is 5.51. The molecule has 1 aliphatic carbocycles. The molecule has 1 nitrogen and oxygen atoms in total. The van der Waals surface area contributed by atoms with Crippen LogP contribution in [0.3, 0.4) is 0 Å². The molecule has 0 amide bonds. The molecule has 1 aliphatic rings. The minimum Gasteiger partial charge on any atom is -0.295 e. The van der Waals surface area contributed by atoms with Crippen molar-refractivity contribution in [3.05, 3.63) is 11.6 Å². The number of rotatable bonds is 4. The van der Waals surface area contributed by atoms with Crippen LogP contribution in [0.1, 0.15) is 38.5 Å². The van der Waals surface area contributed by atoms with Crippen molar-refractivity contribution in [2.75, 3.05) is 5.88 Å². The molecule has 0 unspecified atom stereocenters. The monoisotopic (exact) mass is 186 g/mol. The molecule has 1 rings (SSSR count). The summed E-state index contributed by atoms with van der Waals surface area (Å²) in [6.07, 6.45) is 8.04. The van der Waals surface area contributed by atoms with Gasteiger partial charge in [-0.05, 0) is 37.7 Å². The van der Waals surface area contributed by atoms with Crippen LogP contribution in [-0.2, 0) is 4.79 Å². The third-order valence-corrected chi connectivity index (χ3v) is 2.45. The van der Waals surface area contributed by atoms with E-state index in [0.29, 0.717) is 18.1 Å². The van der Waals surface area contributed by atoms with Crippen molar-refractivity contribution in [2.45, 2.75) is 38.5 Å². The lowest BCUT2D eigenvalue weighted by Crippen LogP contribution is -2.05. The van der Waals surface area contributed by atoms with E-state index < -0.39 is 0 Å². The molecule has 0 aliphatic heterocycles. The van der Waals surface area contributed by atoms with E-state index in [4.69, 9.17) is 11.6 Å². The lowest BCUT2D eigenvalue weighted by Gasteiger charge is -2.10. The van der Waals surface area contributed by atoms with Gasteiger partial charge in [0.05, 0.1) is 0 Å². The second-order valence-electron chi connectivity index (χ2n) is 3.19. The molecular formula is C10H15ClO. The lowest BCUT2D eigenvalue weighted by atomic mass is 9.95. The standard InChI is InChI=1S/C10H15ClO/c11-8-4-7-10(12)9-5-2-1-3-6-9/h5H,1-4,6-8H2. The number of hydrogen-bond acceptors (Lipinski definition) is 1. The number of halogens is 1. The van der Waals surface area contributed by atoms with E-state index in [2.05, 4.69) is 6.08 Å². The smallest absolute Gasteiger partial charge is 0.158 e. The summed E-state index contributed by atoms with van der Waals surface area (Å²) < 4.78 is 0. The van der Waals surface area contributed by atoms with E-state index in [0.717, 1.165) is 24.8 Å². The summed E-state index contributed by atoms with van der Waals surface area (Å²) in [4.78, 5) is 11.4. The van der Waals surface area contributed by atoms with Crippen molar-refractivity contribution in [1.29, 1.82) is 0 Å². The van der Waals surface area contributed by atoms with Gasteiger partial charge in [0, 0.05) is 12.3 Å². The Morgan fingerprint density at radius 2 is 2.33 bits per heavy atom. The maximum Gasteiger partial charge on any atom is 0.158 e. The topological polar surface area (TPSA) is 17.1 Å². The molecule has 0 radical (unpaired) electrons. The van der Waals surface area contributed by atoms with Crippen molar-refractivity contribution in [3.8, 4) is 0 Å². The molecule has 12 heavy (non-hydrogen) atoms. The number of Topliss-reactive ketones (excluding diaryl/α,β-unsaturated/α-hetero) is 1. The summed E-state index contributed by atoms with van der Waals surface area (Å²) in [6, 6.07) is 0. The van der Waals surface area contributed by atoms with Crippen LogP contribution in [-0.4, -0.2) is 11.7 Å². The highest BCUT2D eigenvalue weighted by atomic mass is 35.5. The first-order valence-electron chi connectivity index (χ1n) is 4.63. The zero-order valence-electron chi connectivity index (χ0n) is 7.31. The second-order valence-corrected chi connectivity index (χ2v) is 3.57. The van der Waals surface area contributed by atoms with Crippen LogP contribution < -0.4 is 0 Å². The molecule has 68 valence electrons. The zero-order valence-corrected chi connectivity index (χ0v) is 8.07. The van der Waals surface area contributed by atoms with Crippen molar-refractivity contribution < 1.29 is 4.79 Å². The Balaban J connectivity index is 2.35. The van der Waals surface area contributed by atoms with Crippen LogP contribution in [0.2, 0.25) is 0 Å². The van der Waals surface area contributed by atoms with Gasteiger partial charge in [-0.2, -0.15) is 0 Å². The Morgan fingerprint density at radius 3 is 2.92 bits per heavy atom. The summed E-state index contributed by atoms with van der Waals surface area (Å²) in [5.74, 6) is 0.911. The van der Waals surface area contributed by atoms with Gasteiger partial charge in [-0.1, -0.05) is 6.08 Å². The van der Waals surface area contributed by atoms with E-state index in [9.17, 15) is 4.79 Å². The zero-order chi connectivity index (χ0) is 8.81. The maximum atomic E-state index is 11.4. The summed E-state index contributed by atoms with van der Waals surface area (Å²) in [5.41, 5.74) is 1.05. The summed E-state index contributed by atoms with van der Waals surface area (Å²) in [7, 11) is 0. The summed E-state index contributed by atoms with van der Waals surface area (Å²) in [5, 5.41) is 0. The molecule has 0 aromatic heterocycles. The van der Waals surface area contributed by atoms with Crippen molar-refractivity contribution in [1.82, 2.24) is 0 Å². The average molecular weight is 187 g/mol. The highest BCUT2D eigenvalue weighted by Crippen LogP contribution is 2.19. The highest BCUT2D eigenvalue weighted by Gasteiger charge is 2.10. The van der Waals surface area contributed by atoms with Gasteiger partial charge < -0.3 is 0 Å². The Hall–Kier alpha value is -0.300. The molecule has 0 aromatic carbocycles. The Kier molecular flexibility index (Phi) is 4.37. The fourth-order valence-corrected chi connectivity index (χ4v) is 1.61. The number of ketones is 1. The van der Waals surface area contributed by atoms with E-state index in [-0.39, 0.29) is 0 Å².